The fourth-order valence-electron chi connectivity index (χ4n) is 2.09. The van der Waals surface area contributed by atoms with E-state index < -0.39 is 41.2 Å². The SMILES string of the molecule is O=C(O)[C@@H]1CC(O)CN1C(=O)c1ccc(F)cc1F. The number of carboxylic acid groups (broad SMARTS) is 1. The van der Waals surface area contributed by atoms with Crippen LogP contribution in [0.15, 0.2) is 18.2 Å². The van der Waals surface area contributed by atoms with Crippen molar-refractivity contribution in [3.63, 3.8) is 0 Å². The summed E-state index contributed by atoms with van der Waals surface area (Å²) in [6.45, 7) is -0.188. The van der Waals surface area contributed by atoms with E-state index in [0.29, 0.717) is 6.07 Å². The molecule has 1 aliphatic rings. The van der Waals surface area contributed by atoms with Crippen molar-refractivity contribution >= 4 is 11.9 Å². The van der Waals surface area contributed by atoms with Gasteiger partial charge in [0.05, 0.1) is 11.7 Å². The first-order valence-electron chi connectivity index (χ1n) is 5.57. The lowest BCUT2D eigenvalue weighted by atomic mass is 10.1. The van der Waals surface area contributed by atoms with E-state index in [-0.39, 0.29) is 13.0 Å². The van der Waals surface area contributed by atoms with E-state index in [1.54, 1.807) is 0 Å². The van der Waals surface area contributed by atoms with Crippen LogP contribution in [0.4, 0.5) is 8.78 Å². The zero-order valence-electron chi connectivity index (χ0n) is 9.72. The van der Waals surface area contributed by atoms with Crippen LogP contribution in [0.5, 0.6) is 0 Å². The highest BCUT2D eigenvalue weighted by Crippen LogP contribution is 2.22. The lowest BCUT2D eigenvalue weighted by molar-refractivity contribution is -0.141. The molecule has 2 N–H and O–H groups in total. The van der Waals surface area contributed by atoms with Gasteiger partial charge in [0.15, 0.2) is 0 Å². The van der Waals surface area contributed by atoms with Gasteiger partial charge in [-0.2, -0.15) is 0 Å². The van der Waals surface area contributed by atoms with Crippen molar-refractivity contribution in [3.05, 3.63) is 35.4 Å². The topological polar surface area (TPSA) is 77.8 Å². The van der Waals surface area contributed by atoms with Gasteiger partial charge in [0, 0.05) is 19.0 Å². The number of benzene rings is 1. The average Bonchev–Trinajstić information content (AvgIpc) is 2.70. The summed E-state index contributed by atoms with van der Waals surface area (Å²) in [5.41, 5.74) is -0.415. The quantitative estimate of drug-likeness (QED) is 0.826. The fourth-order valence-corrected chi connectivity index (χ4v) is 2.09. The van der Waals surface area contributed by atoms with E-state index in [4.69, 9.17) is 5.11 Å². The number of rotatable bonds is 2. The molecule has 0 saturated carbocycles. The summed E-state index contributed by atoms with van der Waals surface area (Å²) in [5.74, 6) is -4.03. The summed E-state index contributed by atoms with van der Waals surface area (Å²) in [4.78, 5) is 23.9. The third-order valence-electron chi connectivity index (χ3n) is 2.99. The molecule has 19 heavy (non-hydrogen) atoms. The Bertz CT molecular complexity index is 534. The van der Waals surface area contributed by atoms with Gasteiger partial charge in [-0.05, 0) is 12.1 Å². The highest BCUT2D eigenvalue weighted by molar-refractivity contribution is 5.97. The molecule has 1 aliphatic heterocycles. The van der Waals surface area contributed by atoms with Gasteiger partial charge in [-0.15, -0.1) is 0 Å². The molecule has 2 rings (SSSR count). The molecule has 102 valence electrons. The van der Waals surface area contributed by atoms with Crippen LogP contribution in [-0.4, -0.2) is 45.7 Å². The monoisotopic (exact) mass is 271 g/mol. The number of aliphatic carboxylic acids is 1. The normalized spacial score (nSPS) is 22.6. The standard InChI is InChI=1S/C12H11F2NO4/c13-6-1-2-8(9(14)3-6)11(17)15-5-7(16)4-10(15)12(18)19/h1-3,7,10,16H,4-5H2,(H,18,19)/t7?,10-/m0/s1. The summed E-state index contributed by atoms with van der Waals surface area (Å²) >= 11 is 0. The first kappa shape index (κ1) is 13.4. The molecule has 0 radical (unpaired) electrons. The predicted molar refractivity (Wildman–Crippen MR) is 59.4 cm³/mol. The maximum absolute atomic E-state index is 13.5. The van der Waals surface area contributed by atoms with E-state index >= 15 is 0 Å². The molecule has 0 bridgehead atoms. The maximum Gasteiger partial charge on any atom is 0.326 e. The number of nitrogens with zero attached hydrogens (tertiary/aromatic N) is 1. The van der Waals surface area contributed by atoms with Crippen molar-refractivity contribution in [1.29, 1.82) is 0 Å². The second-order valence-corrected chi connectivity index (χ2v) is 4.33. The molecule has 0 aromatic heterocycles. The van der Waals surface area contributed by atoms with Crippen LogP contribution in [0.25, 0.3) is 0 Å². The van der Waals surface area contributed by atoms with E-state index in [2.05, 4.69) is 0 Å². The number of aliphatic hydroxyl groups excluding tert-OH is 1. The van der Waals surface area contributed by atoms with Crippen molar-refractivity contribution in [2.45, 2.75) is 18.6 Å². The predicted octanol–water partition coefficient (Wildman–Crippen LogP) is 0.625. The molecule has 1 unspecified atom stereocenters. The number of β-amino-alcohol motifs (C(OH)–C–C–N with tert-alkyl or cyclic N) is 1. The summed E-state index contributed by atoms with van der Waals surface area (Å²) < 4.78 is 26.2. The van der Waals surface area contributed by atoms with Gasteiger partial charge in [-0.25, -0.2) is 13.6 Å². The first-order chi connectivity index (χ1) is 8.90. The molecular formula is C12H11F2NO4. The Labute approximate surface area is 107 Å². The Morgan fingerprint density at radius 1 is 1.32 bits per heavy atom. The number of amides is 1. The van der Waals surface area contributed by atoms with E-state index in [1.807, 2.05) is 0 Å². The van der Waals surface area contributed by atoms with E-state index in [1.165, 1.54) is 0 Å². The largest absolute Gasteiger partial charge is 0.480 e. The van der Waals surface area contributed by atoms with Gasteiger partial charge in [0.1, 0.15) is 17.7 Å². The lowest BCUT2D eigenvalue weighted by Gasteiger charge is -2.21. The molecule has 1 saturated heterocycles. The third kappa shape index (κ3) is 2.55. The molecule has 0 spiro atoms. The van der Waals surface area contributed by atoms with Gasteiger partial charge < -0.3 is 15.1 Å². The second-order valence-electron chi connectivity index (χ2n) is 4.33. The van der Waals surface area contributed by atoms with Crippen molar-refractivity contribution in [3.8, 4) is 0 Å². The Kier molecular flexibility index (Phi) is 3.48. The minimum absolute atomic E-state index is 0.107. The number of carboxylic acids is 1. The average molecular weight is 271 g/mol. The number of hydrogen-bond acceptors (Lipinski definition) is 3. The van der Waals surface area contributed by atoms with Crippen LogP contribution in [-0.2, 0) is 4.79 Å². The van der Waals surface area contributed by atoms with Gasteiger partial charge in [0.25, 0.3) is 5.91 Å². The Balaban J connectivity index is 2.30. The van der Waals surface area contributed by atoms with Gasteiger partial charge >= 0.3 is 5.97 Å². The molecule has 0 aliphatic carbocycles. The molecule has 1 amide bonds. The number of likely N-dealkylation sites (tertiary alicyclic amines) is 1. The van der Waals surface area contributed by atoms with Crippen molar-refractivity contribution in [1.82, 2.24) is 4.90 Å². The molecule has 2 atom stereocenters. The van der Waals surface area contributed by atoms with Crippen molar-refractivity contribution in [2.75, 3.05) is 6.54 Å². The smallest absolute Gasteiger partial charge is 0.326 e. The number of aliphatic hydroxyl groups is 1. The number of carbonyl (C=O) groups excluding carboxylic acids is 1. The molecule has 5 nitrogen and oxygen atoms in total. The van der Waals surface area contributed by atoms with E-state index in [9.17, 15) is 23.5 Å². The van der Waals surface area contributed by atoms with Crippen LogP contribution in [0.2, 0.25) is 0 Å². The van der Waals surface area contributed by atoms with Crippen LogP contribution < -0.4 is 0 Å². The summed E-state index contributed by atoms with van der Waals surface area (Å²) in [6, 6.07) is 1.22. The molecule has 1 heterocycles. The third-order valence-corrected chi connectivity index (χ3v) is 2.99. The first-order valence-corrected chi connectivity index (χ1v) is 5.57. The lowest BCUT2D eigenvalue weighted by Crippen LogP contribution is -2.40. The van der Waals surface area contributed by atoms with Crippen molar-refractivity contribution < 1.29 is 28.6 Å². The number of hydrogen-bond donors (Lipinski definition) is 2. The van der Waals surface area contributed by atoms with Gasteiger partial charge in [-0.1, -0.05) is 0 Å². The molecule has 1 aromatic rings. The minimum atomic E-state index is -1.27. The number of halogens is 2. The summed E-state index contributed by atoms with van der Waals surface area (Å²) in [6.07, 6.45) is -1.07. The van der Waals surface area contributed by atoms with Crippen LogP contribution in [0, 0.1) is 11.6 Å². The zero-order valence-corrected chi connectivity index (χ0v) is 9.72. The van der Waals surface area contributed by atoms with Gasteiger partial charge in [0.2, 0.25) is 0 Å². The Morgan fingerprint density at radius 2 is 2.00 bits per heavy atom. The summed E-state index contributed by atoms with van der Waals surface area (Å²) in [5, 5.41) is 18.4. The molecule has 7 heteroatoms. The molecule has 1 fully saturated rings. The molecule has 1 aromatic carbocycles. The minimum Gasteiger partial charge on any atom is -0.480 e. The fraction of sp³-hybridized carbons (Fsp3) is 0.333. The van der Waals surface area contributed by atoms with Crippen LogP contribution in [0.1, 0.15) is 16.8 Å². The highest BCUT2D eigenvalue weighted by Gasteiger charge is 2.39. The Morgan fingerprint density at radius 3 is 2.58 bits per heavy atom. The van der Waals surface area contributed by atoms with Gasteiger partial charge in [-0.3, -0.25) is 4.79 Å². The van der Waals surface area contributed by atoms with Crippen LogP contribution >= 0.6 is 0 Å². The zero-order chi connectivity index (χ0) is 14.2. The maximum atomic E-state index is 13.5. The summed E-state index contributed by atoms with van der Waals surface area (Å²) in [7, 11) is 0. The Hall–Kier alpha value is -2.02. The van der Waals surface area contributed by atoms with Crippen molar-refractivity contribution in [2.24, 2.45) is 0 Å². The number of carbonyl (C=O) groups is 2. The van der Waals surface area contributed by atoms with E-state index in [0.717, 1.165) is 17.0 Å². The van der Waals surface area contributed by atoms with Crippen LogP contribution in [0.3, 0.4) is 0 Å². The second kappa shape index (κ2) is 4.93. The highest BCUT2D eigenvalue weighted by atomic mass is 19.1. The molecular weight excluding hydrogens is 260 g/mol.